The fraction of sp³-hybridized carbons (Fsp3) is 0.429. The van der Waals surface area contributed by atoms with Gasteiger partial charge in [0.2, 0.25) is 5.91 Å². The molecule has 1 aromatic rings. The number of nitrogens with zero attached hydrogens (tertiary/aromatic N) is 1. The van der Waals surface area contributed by atoms with Crippen molar-refractivity contribution in [2.24, 2.45) is 0 Å². The van der Waals surface area contributed by atoms with Crippen molar-refractivity contribution in [2.45, 2.75) is 25.4 Å². The maximum atomic E-state index is 12.3. The summed E-state index contributed by atoms with van der Waals surface area (Å²) in [6.45, 7) is 2.86. The van der Waals surface area contributed by atoms with Crippen LogP contribution < -0.4 is 5.32 Å². The van der Waals surface area contributed by atoms with Crippen LogP contribution in [0.25, 0.3) is 0 Å². The Kier molecular flexibility index (Phi) is 4.16. The van der Waals surface area contributed by atoms with Gasteiger partial charge >= 0.3 is 5.97 Å². The number of hydrogen-bond donors (Lipinski definition) is 2. The zero-order valence-electron chi connectivity index (χ0n) is 10.9. The van der Waals surface area contributed by atoms with Crippen LogP contribution >= 0.6 is 0 Å². The maximum Gasteiger partial charge on any atom is 0.328 e. The number of amides is 1. The molecule has 0 spiro atoms. The normalized spacial score (nSPS) is 23.1. The monoisotopic (exact) mass is 262 g/mol. The van der Waals surface area contributed by atoms with E-state index < -0.39 is 12.0 Å². The molecule has 0 saturated carbocycles. The first kappa shape index (κ1) is 13.5. The van der Waals surface area contributed by atoms with Gasteiger partial charge < -0.3 is 15.3 Å². The van der Waals surface area contributed by atoms with Crippen LogP contribution in [0, 0.1) is 0 Å². The van der Waals surface area contributed by atoms with Gasteiger partial charge in [-0.15, -0.1) is 0 Å². The number of aliphatic carboxylic acids is 1. The van der Waals surface area contributed by atoms with E-state index in [1.165, 1.54) is 4.90 Å². The zero-order valence-corrected chi connectivity index (χ0v) is 10.9. The Balaban J connectivity index is 2.10. The molecular weight excluding hydrogens is 244 g/mol. The molecule has 5 nitrogen and oxygen atoms in total. The molecule has 2 rings (SSSR count). The number of carbonyl (C=O) groups excluding carboxylic acids is 1. The minimum Gasteiger partial charge on any atom is -0.480 e. The van der Waals surface area contributed by atoms with Gasteiger partial charge in [-0.3, -0.25) is 4.79 Å². The minimum atomic E-state index is -0.957. The molecule has 102 valence electrons. The first-order chi connectivity index (χ1) is 9.09. The van der Waals surface area contributed by atoms with Crippen LogP contribution in [0.2, 0.25) is 0 Å². The number of nitrogens with one attached hydrogen (secondary N) is 1. The van der Waals surface area contributed by atoms with Crippen LogP contribution in [0.3, 0.4) is 0 Å². The second-order valence-corrected chi connectivity index (χ2v) is 4.78. The molecule has 1 aromatic carbocycles. The van der Waals surface area contributed by atoms with E-state index in [2.05, 4.69) is 5.32 Å². The van der Waals surface area contributed by atoms with Crippen LogP contribution in [-0.2, 0) is 16.0 Å². The molecule has 1 amide bonds. The molecule has 0 bridgehead atoms. The Hall–Kier alpha value is -1.88. The zero-order chi connectivity index (χ0) is 13.8. The summed E-state index contributed by atoms with van der Waals surface area (Å²) in [6, 6.07) is 8.37. The Bertz CT molecular complexity index is 461. The first-order valence-electron chi connectivity index (χ1n) is 6.39. The number of carboxylic acids is 1. The third kappa shape index (κ3) is 3.12. The Morgan fingerprint density at radius 1 is 1.37 bits per heavy atom. The van der Waals surface area contributed by atoms with Crippen molar-refractivity contribution >= 4 is 11.9 Å². The highest BCUT2D eigenvalue weighted by atomic mass is 16.4. The average Bonchev–Trinajstić information content (AvgIpc) is 2.39. The molecule has 0 aliphatic carbocycles. The molecule has 1 fully saturated rings. The molecule has 5 heteroatoms. The molecule has 19 heavy (non-hydrogen) atoms. The summed E-state index contributed by atoms with van der Waals surface area (Å²) in [7, 11) is 0. The van der Waals surface area contributed by atoms with Crippen molar-refractivity contribution in [3.63, 3.8) is 0 Å². The SMILES string of the molecule is CC1NCCN(C(=O)Cc2ccccc2)C1C(=O)O. The fourth-order valence-corrected chi connectivity index (χ4v) is 2.43. The second kappa shape index (κ2) is 5.84. The molecule has 1 heterocycles. The van der Waals surface area contributed by atoms with Crippen LogP contribution in [-0.4, -0.2) is 47.1 Å². The van der Waals surface area contributed by atoms with Crippen molar-refractivity contribution < 1.29 is 14.7 Å². The van der Waals surface area contributed by atoms with E-state index in [1.807, 2.05) is 30.3 Å². The van der Waals surface area contributed by atoms with Gasteiger partial charge in [0.1, 0.15) is 6.04 Å². The number of carboxylic acid groups (broad SMARTS) is 1. The Labute approximate surface area is 112 Å². The predicted octanol–water partition coefficient (Wildman–Crippen LogP) is 0.503. The number of rotatable bonds is 3. The van der Waals surface area contributed by atoms with E-state index in [1.54, 1.807) is 6.92 Å². The fourth-order valence-electron chi connectivity index (χ4n) is 2.43. The number of hydrogen-bond acceptors (Lipinski definition) is 3. The third-order valence-corrected chi connectivity index (χ3v) is 3.40. The molecule has 1 saturated heterocycles. The number of benzene rings is 1. The van der Waals surface area contributed by atoms with Crippen molar-refractivity contribution in [3.8, 4) is 0 Å². The topological polar surface area (TPSA) is 69.6 Å². The third-order valence-electron chi connectivity index (χ3n) is 3.40. The summed E-state index contributed by atoms with van der Waals surface area (Å²) < 4.78 is 0. The highest BCUT2D eigenvalue weighted by molar-refractivity contribution is 5.85. The molecule has 0 aromatic heterocycles. The Morgan fingerprint density at radius 3 is 2.68 bits per heavy atom. The molecule has 2 N–H and O–H groups in total. The van der Waals surface area contributed by atoms with Gasteiger partial charge in [-0.1, -0.05) is 30.3 Å². The standard InChI is InChI=1S/C14H18N2O3/c1-10-13(14(18)19)16(8-7-15-10)12(17)9-11-5-3-2-4-6-11/h2-6,10,13,15H,7-9H2,1H3,(H,18,19). The highest BCUT2D eigenvalue weighted by Gasteiger charge is 2.36. The Morgan fingerprint density at radius 2 is 2.05 bits per heavy atom. The molecular formula is C14H18N2O3. The van der Waals surface area contributed by atoms with Gasteiger partial charge in [0, 0.05) is 19.1 Å². The smallest absolute Gasteiger partial charge is 0.328 e. The summed E-state index contributed by atoms with van der Waals surface area (Å²) in [5, 5.41) is 12.3. The largest absolute Gasteiger partial charge is 0.480 e. The van der Waals surface area contributed by atoms with Crippen LogP contribution in [0.5, 0.6) is 0 Å². The summed E-state index contributed by atoms with van der Waals surface area (Å²) >= 11 is 0. The average molecular weight is 262 g/mol. The lowest BCUT2D eigenvalue weighted by Crippen LogP contribution is -2.61. The van der Waals surface area contributed by atoms with Crippen molar-refractivity contribution in [2.75, 3.05) is 13.1 Å². The van der Waals surface area contributed by atoms with Crippen molar-refractivity contribution in [1.29, 1.82) is 0 Å². The summed E-state index contributed by atoms with van der Waals surface area (Å²) in [5.74, 6) is -1.09. The van der Waals surface area contributed by atoms with E-state index in [0.29, 0.717) is 13.1 Å². The van der Waals surface area contributed by atoms with Gasteiger partial charge in [-0.05, 0) is 12.5 Å². The first-order valence-corrected chi connectivity index (χ1v) is 6.39. The van der Waals surface area contributed by atoms with Crippen LogP contribution in [0.1, 0.15) is 12.5 Å². The number of piperazine rings is 1. The van der Waals surface area contributed by atoms with Crippen LogP contribution in [0.4, 0.5) is 0 Å². The van der Waals surface area contributed by atoms with E-state index >= 15 is 0 Å². The summed E-state index contributed by atoms with van der Waals surface area (Å²) in [6.07, 6.45) is 0.247. The lowest BCUT2D eigenvalue weighted by Gasteiger charge is -2.38. The summed E-state index contributed by atoms with van der Waals surface area (Å²) in [4.78, 5) is 25.0. The van der Waals surface area contributed by atoms with Crippen molar-refractivity contribution in [3.05, 3.63) is 35.9 Å². The second-order valence-electron chi connectivity index (χ2n) is 4.78. The molecule has 1 aliphatic heterocycles. The molecule has 2 atom stereocenters. The van der Waals surface area contributed by atoms with Crippen molar-refractivity contribution in [1.82, 2.24) is 10.2 Å². The highest BCUT2D eigenvalue weighted by Crippen LogP contribution is 2.12. The van der Waals surface area contributed by atoms with Gasteiger partial charge in [0.05, 0.1) is 6.42 Å². The van der Waals surface area contributed by atoms with Crippen LogP contribution in [0.15, 0.2) is 30.3 Å². The molecule has 2 unspecified atom stereocenters. The van der Waals surface area contributed by atoms with E-state index in [-0.39, 0.29) is 18.4 Å². The predicted molar refractivity (Wildman–Crippen MR) is 70.7 cm³/mol. The van der Waals surface area contributed by atoms with E-state index in [0.717, 1.165) is 5.56 Å². The van der Waals surface area contributed by atoms with Gasteiger partial charge in [0.15, 0.2) is 0 Å². The lowest BCUT2D eigenvalue weighted by molar-refractivity contribution is -0.152. The van der Waals surface area contributed by atoms with Gasteiger partial charge in [0.25, 0.3) is 0 Å². The molecule has 1 aliphatic rings. The van der Waals surface area contributed by atoms with E-state index in [4.69, 9.17) is 0 Å². The minimum absolute atomic E-state index is 0.132. The van der Waals surface area contributed by atoms with E-state index in [9.17, 15) is 14.7 Å². The quantitative estimate of drug-likeness (QED) is 0.832. The lowest BCUT2D eigenvalue weighted by atomic mass is 10.0. The summed E-state index contributed by atoms with van der Waals surface area (Å²) in [5.41, 5.74) is 0.905. The van der Waals surface area contributed by atoms with Gasteiger partial charge in [-0.25, -0.2) is 4.79 Å². The maximum absolute atomic E-state index is 12.3. The van der Waals surface area contributed by atoms with Gasteiger partial charge in [-0.2, -0.15) is 0 Å². The molecule has 0 radical (unpaired) electrons. The number of carbonyl (C=O) groups is 2.